The summed E-state index contributed by atoms with van der Waals surface area (Å²) < 4.78 is 4.27. The van der Waals surface area contributed by atoms with Gasteiger partial charge in [-0.3, -0.25) is 9.59 Å². The molecule has 1 amide bonds. The topological polar surface area (TPSA) is 83.9 Å². The van der Waals surface area contributed by atoms with Gasteiger partial charge in [-0.05, 0) is 0 Å². The molecule has 6 nitrogen and oxygen atoms in total. The molecule has 0 spiro atoms. The van der Waals surface area contributed by atoms with Crippen LogP contribution in [-0.2, 0) is 14.3 Å². The van der Waals surface area contributed by atoms with E-state index in [-0.39, 0.29) is 24.7 Å². The van der Waals surface area contributed by atoms with E-state index in [1.807, 2.05) is 0 Å². The van der Waals surface area contributed by atoms with Crippen molar-refractivity contribution >= 4 is 17.8 Å². The number of carbonyl (C=O) groups excluding carboxylic acids is 2. The lowest BCUT2D eigenvalue weighted by Gasteiger charge is -2.19. The standard InChI is InChI=1S/C7H9NO5/c1-4(9)8-3-2-5(10)6(8)13-7(11)12/h6H,2-3H2,1H3,(H,11,12). The highest BCUT2D eigenvalue weighted by molar-refractivity contribution is 5.91. The lowest BCUT2D eigenvalue weighted by atomic mass is 10.3. The maximum atomic E-state index is 11.0. The molecule has 0 bridgehead atoms. The van der Waals surface area contributed by atoms with E-state index in [1.165, 1.54) is 6.92 Å². The van der Waals surface area contributed by atoms with Crippen LogP contribution in [-0.4, -0.2) is 40.6 Å². The number of hydrogen-bond acceptors (Lipinski definition) is 4. The van der Waals surface area contributed by atoms with E-state index >= 15 is 0 Å². The number of likely N-dealkylation sites (tertiary alicyclic amines) is 1. The first-order valence-electron chi connectivity index (χ1n) is 3.72. The van der Waals surface area contributed by atoms with Crippen LogP contribution in [0, 0.1) is 0 Å². The van der Waals surface area contributed by atoms with Crippen LogP contribution in [0.5, 0.6) is 0 Å². The smallest absolute Gasteiger partial charge is 0.450 e. The van der Waals surface area contributed by atoms with Gasteiger partial charge in [0.1, 0.15) is 0 Å². The second kappa shape index (κ2) is 3.42. The molecule has 1 rings (SSSR count). The third kappa shape index (κ3) is 1.95. The SMILES string of the molecule is CC(=O)N1CCC(=O)C1OC(=O)O. The molecule has 0 radical (unpaired) electrons. The molecule has 1 heterocycles. The van der Waals surface area contributed by atoms with Gasteiger partial charge >= 0.3 is 6.16 Å². The molecule has 13 heavy (non-hydrogen) atoms. The van der Waals surface area contributed by atoms with Crippen molar-refractivity contribution in [1.82, 2.24) is 4.90 Å². The summed E-state index contributed by atoms with van der Waals surface area (Å²) in [5, 5.41) is 8.28. The van der Waals surface area contributed by atoms with Crippen molar-refractivity contribution in [2.75, 3.05) is 6.54 Å². The van der Waals surface area contributed by atoms with E-state index in [1.54, 1.807) is 0 Å². The van der Waals surface area contributed by atoms with Crippen molar-refractivity contribution in [2.24, 2.45) is 0 Å². The summed E-state index contributed by atoms with van der Waals surface area (Å²) >= 11 is 0. The summed E-state index contributed by atoms with van der Waals surface area (Å²) in [5.74, 6) is -0.741. The summed E-state index contributed by atoms with van der Waals surface area (Å²) in [7, 11) is 0. The normalized spacial score (nSPS) is 21.8. The highest BCUT2D eigenvalue weighted by Crippen LogP contribution is 2.14. The van der Waals surface area contributed by atoms with Gasteiger partial charge in [0.2, 0.25) is 12.1 Å². The maximum absolute atomic E-state index is 11.0. The van der Waals surface area contributed by atoms with Crippen molar-refractivity contribution in [1.29, 1.82) is 0 Å². The van der Waals surface area contributed by atoms with E-state index in [4.69, 9.17) is 5.11 Å². The summed E-state index contributed by atoms with van der Waals surface area (Å²) in [6.45, 7) is 1.49. The van der Waals surface area contributed by atoms with Crippen molar-refractivity contribution in [2.45, 2.75) is 19.6 Å². The largest absolute Gasteiger partial charge is 0.508 e. The average molecular weight is 187 g/mol. The van der Waals surface area contributed by atoms with Gasteiger partial charge in [0.05, 0.1) is 0 Å². The second-order valence-electron chi connectivity index (χ2n) is 2.66. The zero-order chi connectivity index (χ0) is 10.0. The minimum Gasteiger partial charge on any atom is -0.450 e. The van der Waals surface area contributed by atoms with E-state index in [2.05, 4.69) is 4.74 Å². The lowest BCUT2D eigenvalue weighted by molar-refractivity contribution is -0.144. The fourth-order valence-corrected chi connectivity index (χ4v) is 1.19. The Morgan fingerprint density at radius 1 is 1.62 bits per heavy atom. The zero-order valence-electron chi connectivity index (χ0n) is 7.02. The van der Waals surface area contributed by atoms with Crippen molar-refractivity contribution in [3.63, 3.8) is 0 Å². The van der Waals surface area contributed by atoms with Crippen LogP contribution >= 0.6 is 0 Å². The number of amides is 1. The molecule has 0 saturated carbocycles. The van der Waals surface area contributed by atoms with Crippen molar-refractivity contribution in [3.05, 3.63) is 0 Å². The quantitative estimate of drug-likeness (QED) is 0.576. The Kier molecular flexibility index (Phi) is 2.50. The van der Waals surface area contributed by atoms with Gasteiger partial charge in [0.25, 0.3) is 0 Å². The van der Waals surface area contributed by atoms with Gasteiger partial charge in [-0.15, -0.1) is 0 Å². The van der Waals surface area contributed by atoms with Crippen molar-refractivity contribution in [3.8, 4) is 0 Å². The Labute approximate surface area is 74.1 Å². The predicted molar refractivity (Wildman–Crippen MR) is 39.9 cm³/mol. The Balaban J connectivity index is 2.71. The predicted octanol–water partition coefficient (Wildman–Crippen LogP) is -0.172. The molecule has 1 aliphatic rings. The van der Waals surface area contributed by atoms with Gasteiger partial charge in [-0.2, -0.15) is 0 Å². The molecule has 1 unspecified atom stereocenters. The van der Waals surface area contributed by atoms with Crippen molar-refractivity contribution < 1.29 is 24.2 Å². The zero-order valence-corrected chi connectivity index (χ0v) is 7.02. The molecule has 1 N–H and O–H groups in total. The molecule has 1 saturated heterocycles. The number of carboxylic acid groups (broad SMARTS) is 1. The number of carbonyl (C=O) groups is 3. The number of nitrogens with zero attached hydrogens (tertiary/aromatic N) is 1. The first-order chi connectivity index (χ1) is 6.02. The van der Waals surface area contributed by atoms with Crippen LogP contribution in [0.25, 0.3) is 0 Å². The highest BCUT2D eigenvalue weighted by atomic mass is 16.7. The molecule has 1 aliphatic heterocycles. The summed E-state index contributed by atoms with van der Waals surface area (Å²) in [6.07, 6.45) is -2.64. The van der Waals surface area contributed by atoms with Crippen LogP contribution in [0.4, 0.5) is 4.79 Å². The van der Waals surface area contributed by atoms with E-state index in [0.717, 1.165) is 4.90 Å². The Hall–Kier alpha value is -1.59. The van der Waals surface area contributed by atoms with E-state index in [0.29, 0.717) is 0 Å². The Morgan fingerprint density at radius 2 is 2.23 bits per heavy atom. The molecule has 1 atom stereocenters. The molecule has 0 aliphatic carbocycles. The number of ketones is 1. The van der Waals surface area contributed by atoms with Crippen LogP contribution in [0.15, 0.2) is 0 Å². The fourth-order valence-electron chi connectivity index (χ4n) is 1.19. The minimum absolute atomic E-state index is 0.150. The number of Topliss-reactive ketones (excluding diaryl/α,β-unsaturated/α-hetero) is 1. The monoisotopic (exact) mass is 187 g/mol. The highest BCUT2D eigenvalue weighted by Gasteiger charge is 2.37. The molecular weight excluding hydrogens is 178 g/mol. The Morgan fingerprint density at radius 3 is 2.69 bits per heavy atom. The van der Waals surface area contributed by atoms with Gasteiger partial charge in [0.15, 0.2) is 5.78 Å². The molecule has 72 valence electrons. The van der Waals surface area contributed by atoms with Gasteiger partial charge in [-0.25, -0.2) is 4.79 Å². The van der Waals surface area contributed by atoms with Gasteiger partial charge < -0.3 is 14.7 Å². The first-order valence-corrected chi connectivity index (χ1v) is 3.72. The van der Waals surface area contributed by atoms with Crippen LogP contribution in [0.2, 0.25) is 0 Å². The molecule has 1 fully saturated rings. The summed E-state index contributed by atoms with van der Waals surface area (Å²) in [5.41, 5.74) is 0. The molecular formula is C7H9NO5. The first kappa shape index (κ1) is 9.50. The molecule has 0 aromatic rings. The number of hydrogen-bond donors (Lipinski definition) is 1. The van der Waals surface area contributed by atoms with E-state index in [9.17, 15) is 14.4 Å². The van der Waals surface area contributed by atoms with Crippen LogP contribution in [0.1, 0.15) is 13.3 Å². The summed E-state index contributed by atoms with van der Waals surface area (Å²) in [6, 6.07) is 0. The number of ether oxygens (including phenoxy) is 1. The maximum Gasteiger partial charge on any atom is 0.508 e. The minimum atomic E-state index is -1.55. The third-order valence-corrected chi connectivity index (χ3v) is 1.77. The number of rotatable bonds is 1. The Bertz CT molecular complexity index is 262. The molecule has 6 heteroatoms. The lowest BCUT2D eigenvalue weighted by Crippen LogP contribution is -2.39. The van der Waals surface area contributed by atoms with Crippen LogP contribution in [0.3, 0.4) is 0 Å². The van der Waals surface area contributed by atoms with E-state index < -0.39 is 12.4 Å². The fraction of sp³-hybridized carbons (Fsp3) is 0.571. The average Bonchev–Trinajstić information content (AvgIpc) is 2.32. The van der Waals surface area contributed by atoms with Crippen LogP contribution < -0.4 is 0 Å². The summed E-state index contributed by atoms with van der Waals surface area (Å²) in [4.78, 5) is 33.2. The third-order valence-electron chi connectivity index (χ3n) is 1.77. The second-order valence-corrected chi connectivity index (χ2v) is 2.66. The van der Waals surface area contributed by atoms with Gasteiger partial charge in [-0.1, -0.05) is 0 Å². The molecule has 0 aromatic carbocycles. The molecule has 0 aromatic heterocycles. The van der Waals surface area contributed by atoms with Gasteiger partial charge in [0, 0.05) is 19.9 Å².